The summed E-state index contributed by atoms with van der Waals surface area (Å²) in [6.45, 7) is 8.31. The van der Waals surface area contributed by atoms with E-state index in [1.807, 2.05) is 12.1 Å². The van der Waals surface area contributed by atoms with Crippen LogP contribution in [0.3, 0.4) is 0 Å². The highest BCUT2D eigenvalue weighted by Gasteiger charge is 2.49. The topological polar surface area (TPSA) is 29.5 Å². The van der Waals surface area contributed by atoms with E-state index in [9.17, 15) is 5.11 Å². The Hall–Kier alpha value is 0.1000. The molecule has 0 radical (unpaired) electrons. The van der Waals surface area contributed by atoms with Gasteiger partial charge in [-0.1, -0.05) is 0 Å². The zero-order valence-corrected chi connectivity index (χ0v) is 13.1. The molecule has 0 bridgehead atoms. The number of halogens is 1. The molecule has 0 saturated carbocycles. The predicted octanol–water partition coefficient (Wildman–Crippen LogP) is 4.14. The lowest BCUT2D eigenvalue weighted by Gasteiger charge is -2.29. The second-order valence-corrected chi connectivity index (χ2v) is 8.36. The van der Waals surface area contributed by atoms with E-state index >= 15 is 0 Å². The fourth-order valence-corrected chi connectivity index (χ4v) is 4.26. The molecule has 0 amide bonds. The molecule has 0 aliphatic carbocycles. The third-order valence-electron chi connectivity index (χ3n) is 3.41. The van der Waals surface area contributed by atoms with Crippen LogP contribution in [0.2, 0.25) is 0 Å². The van der Waals surface area contributed by atoms with E-state index in [1.54, 1.807) is 11.3 Å². The third-order valence-corrected chi connectivity index (χ3v) is 5.10. The van der Waals surface area contributed by atoms with Gasteiger partial charge in [-0.05, 0) is 62.2 Å². The van der Waals surface area contributed by atoms with Gasteiger partial charge in [-0.25, -0.2) is 0 Å². The molecule has 96 valence electrons. The van der Waals surface area contributed by atoms with Crippen LogP contribution in [-0.2, 0) is 4.74 Å². The Morgan fingerprint density at radius 1 is 1.41 bits per heavy atom. The Kier molecular flexibility index (Phi) is 3.45. The van der Waals surface area contributed by atoms with Crippen LogP contribution in [-0.4, -0.2) is 16.3 Å². The second-order valence-electron chi connectivity index (χ2n) is 5.86. The number of aliphatic hydroxyl groups excluding tert-OH is 1. The summed E-state index contributed by atoms with van der Waals surface area (Å²) in [6, 6.07) is 3.97. The molecule has 1 saturated heterocycles. The van der Waals surface area contributed by atoms with E-state index in [1.165, 1.54) is 0 Å². The van der Waals surface area contributed by atoms with Gasteiger partial charge in [0.05, 0.1) is 21.1 Å². The molecular formula is C13H19BrO2S. The summed E-state index contributed by atoms with van der Waals surface area (Å²) in [6.07, 6.45) is 0.444. The van der Waals surface area contributed by atoms with Crippen LogP contribution in [0.4, 0.5) is 0 Å². The maximum atomic E-state index is 10.5. The number of thiophene rings is 1. The van der Waals surface area contributed by atoms with Gasteiger partial charge in [0, 0.05) is 10.8 Å². The fourth-order valence-electron chi connectivity index (χ4n) is 2.78. The molecule has 2 rings (SSSR count). The van der Waals surface area contributed by atoms with Gasteiger partial charge in [-0.3, -0.25) is 0 Å². The minimum atomic E-state index is -0.442. The highest BCUT2D eigenvalue weighted by Crippen LogP contribution is 2.48. The third kappa shape index (κ3) is 2.75. The monoisotopic (exact) mass is 318 g/mol. The molecule has 2 nitrogen and oxygen atoms in total. The molecule has 4 heteroatoms. The average molecular weight is 319 g/mol. The van der Waals surface area contributed by atoms with Crippen molar-refractivity contribution in [2.75, 3.05) is 0 Å². The summed E-state index contributed by atoms with van der Waals surface area (Å²) >= 11 is 5.03. The van der Waals surface area contributed by atoms with Crippen molar-refractivity contribution < 1.29 is 9.84 Å². The zero-order chi connectivity index (χ0) is 12.8. The smallest absolute Gasteiger partial charge is 0.0938 e. The minimum Gasteiger partial charge on any atom is -0.387 e. The Balaban J connectivity index is 2.23. The number of rotatable bonds is 2. The van der Waals surface area contributed by atoms with Crippen LogP contribution in [0.15, 0.2) is 15.9 Å². The second kappa shape index (κ2) is 4.34. The van der Waals surface area contributed by atoms with Crippen LogP contribution >= 0.6 is 27.3 Å². The number of ether oxygens (including phenoxy) is 1. The minimum absolute atomic E-state index is 0.142. The highest BCUT2D eigenvalue weighted by molar-refractivity contribution is 9.11. The SMILES string of the molecule is CC1(C)CC(C(O)c2ccc(Br)s2)C(C)(C)O1. The molecule has 1 aromatic heterocycles. The van der Waals surface area contributed by atoms with E-state index in [0.29, 0.717) is 0 Å². The van der Waals surface area contributed by atoms with E-state index in [-0.39, 0.29) is 17.1 Å². The Morgan fingerprint density at radius 2 is 2.06 bits per heavy atom. The Bertz CT molecular complexity index is 411. The van der Waals surface area contributed by atoms with Crippen LogP contribution in [0.25, 0.3) is 0 Å². The average Bonchev–Trinajstić information content (AvgIpc) is 2.66. The van der Waals surface area contributed by atoms with Crippen molar-refractivity contribution in [2.45, 2.75) is 51.4 Å². The van der Waals surface area contributed by atoms with E-state index in [4.69, 9.17) is 4.74 Å². The maximum absolute atomic E-state index is 10.5. The predicted molar refractivity (Wildman–Crippen MR) is 74.3 cm³/mol. The van der Waals surface area contributed by atoms with Gasteiger partial charge in [0.1, 0.15) is 0 Å². The quantitative estimate of drug-likeness (QED) is 0.888. The van der Waals surface area contributed by atoms with Gasteiger partial charge in [0.25, 0.3) is 0 Å². The Morgan fingerprint density at radius 3 is 2.47 bits per heavy atom. The van der Waals surface area contributed by atoms with E-state index < -0.39 is 6.10 Å². The number of aliphatic hydroxyl groups is 1. The lowest BCUT2D eigenvalue weighted by atomic mass is 9.82. The molecule has 0 spiro atoms. The van der Waals surface area contributed by atoms with Gasteiger partial charge in [0.2, 0.25) is 0 Å². The van der Waals surface area contributed by atoms with Gasteiger partial charge >= 0.3 is 0 Å². The molecule has 1 fully saturated rings. The van der Waals surface area contributed by atoms with Gasteiger partial charge in [0.15, 0.2) is 0 Å². The van der Waals surface area contributed by atoms with Crippen molar-refractivity contribution in [1.29, 1.82) is 0 Å². The maximum Gasteiger partial charge on any atom is 0.0938 e. The van der Waals surface area contributed by atoms with Crippen molar-refractivity contribution in [3.8, 4) is 0 Å². The molecule has 1 N–H and O–H groups in total. The first-order valence-corrected chi connectivity index (χ1v) is 7.46. The summed E-state index contributed by atoms with van der Waals surface area (Å²) in [5, 5.41) is 10.5. The summed E-state index contributed by atoms with van der Waals surface area (Å²) in [7, 11) is 0. The van der Waals surface area contributed by atoms with Crippen molar-refractivity contribution in [3.05, 3.63) is 20.8 Å². The number of hydrogen-bond acceptors (Lipinski definition) is 3. The highest BCUT2D eigenvalue weighted by atomic mass is 79.9. The molecule has 0 aromatic carbocycles. The standard InChI is InChI=1S/C13H19BrO2S/c1-12(2)7-8(13(3,4)16-12)11(15)9-5-6-10(14)17-9/h5-6,8,11,15H,7H2,1-4H3. The lowest BCUT2D eigenvalue weighted by Crippen LogP contribution is -2.32. The summed E-state index contributed by atoms with van der Waals surface area (Å²) in [5.74, 6) is 0.142. The van der Waals surface area contributed by atoms with Crippen LogP contribution in [0.1, 0.15) is 45.1 Å². The first-order valence-electron chi connectivity index (χ1n) is 5.85. The summed E-state index contributed by atoms with van der Waals surface area (Å²) < 4.78 is 7.09. The van der Waals surface area contributed by atoms with Gasteiger partial charge in [-0.15, -0.1) is 11.3 Å². The fraction of sp³-hybridized carbons (Fsp3) is 0.692. The molecule has 17 heavy (non-hydrogen) atoms. The van der Waals surface area contributed by atoms with Crippen molar-refractivity contribution in [2.24, 2.45) is 5.92 Å². The number of hydrogen-bond donors (Lipinski definition) is 1. The van der Waals surface area contributed by atoms with Gasteiger partial charge in [-0.2, -0.15) is 0 Å². The lowest BCUT2D eigenvalue weighted by molar-refractivity contribution is -0.0877. The van der Waals surface area contributed by atoms with Crippen molar-refractivity contribution in [1.82, 2.24) is 0 Å². The van der Waals surface area contributed by atoms with Crippen LogP contribution in [0.5, 0.6) is 0 Å². The van der Waals surface area contributed by atoms with Gasteiger partial charge < -0.3 is 9.84 Å². The molecule has 1 aromatic rings. The van der Waals surface area contributed by atoms with E-state index in [0.717, 1.165) is 15.1 Å². The molecular weight excluding hydrogens is 300 g/mol. The van der Waals surface area contributed by atoms with Crippen LogP contribution < -0.4 is 0 Å². The Labute approximate surface area is 115 Å². The first-order chi connectivity index (χ1) is 7.71. The van der Waals surface area contributed by atoms with Crippen LogP contribution in [0, 0.1) is 5.92 Å². The summed E-state index contributed by atoms with van der Waals surface area (Å²) in [5.41, 5.74) is -0.428. The molecule has 1 aliphatic rings. The van der Waals surface area contributed by atoms with Crippen molar-refractivity contribution in [3.63, 3.8) is 0 Å². The summed E-state index contributed by atoms with van der Waals surface area (Å²) in [4.78, 5) is 1.01. The normalized spacial score (nSPS) is 28.2. The van der Waals surface area contributed by atoms with E-state index in [2.05, 4.69) is 43.6 Å². The first kappa shape index (κ1) is 13.5. The molecule has 1 aliphatic heterocycles. The largest absolute Gasteiger partial charge is 0.387 e. The zero-order valence-electron chi connectivity index (χ0n) is 10.7. The molecule has 2 unspecified atom stereocenters. The molecule has 2 heterocycles. The van der Waals surface area contributed by atoms with Crippen molar-refractivity contribution >= 4 is 27.3 Å². The molecule has 2 atom stereocenters.